The van der Waals surface area contributed by atoms with Crippen molar-refractivity contribution in [2.24, 2.45) is 5.73 Å². The van der Waals surface area contributed by atoms with Crippen LogP contribution in [0.25, 0.3) is 0 Å². The topological polar surface area (TPSA) is 110 Å². The molecule has 1 amide bonds. The van der Waals surface area contributed by atoms with Gasteiger partial charge in [-0.15, -0.1) is 0 Å². The van der Waals surface area contributed by atoms with Crippen LogP contribution >= 0.6 is 0 Å². The molecule has 4 N–H and O–H groups in total. The fourth-order valence-electron chi connectivity index (χ4n) is 1.48. The second kappa shape index (κ2) is 7.44. The quantitative estimate of drug-likeness (QED) is 0.560. The fourth-order valence-corrected chi connectivity index (χ4v) is 1.48. The average molecular weight is 254 g/mol. The van der Waals surface area contributed by atoms with Crippen LogP contribution < -0.4 is 11.1 Å². The number of nitrogens with zero attached hydrogens (tertiary/aromatic N) is 1. The van der Waals surface area contributed by atoms with Gasteiger partial charge in [-0.25, -0.2) is 9.78 Å². The first-order chi connectivity index (χ1) is 8.67. The standard InChI is InChI=1S/C11H18N4O3/c1-18-11(17)9(5-8-6-13-7-14-8)15-10(16)3-2-4-12/h6-7,9H,2-5,12H2,1H3,(H,13,14)(H,15,16). The molecule has 0 saturated heterocycles. The zero-order chi connectivity index (χ0) is 13.4. The molecule has 0 aliphatic carbocycles. The van der Waals surface area contributed by atoms with Crippen LogP contribution in [0.2, 0.25) is 0 Å². The van der Waals surface area contributed by atoms with Gasteiger partial charge in [0.15, 0.2) is 0 Å². The van der Waals surface area contributed by atoms with Crippen molar-refractivity contribution in [3.63, 3.8) is 0 Å². The Morgan fingerprint density at radius 3 is 2.94 bits per heavy atom. The van der Waals surface area contributed by atoms with E-state index in [1.807, 2.05) is 0 Å². The number of nitrogens with two attached hydrogens (primary N) is 1. The van der Waals surface area contributed by atoms with Crippen LogP contribution in [-0.4, -0.2) is 41.5 Å². The van der Waals surface area contributed by atoms with Crippen molar-refractivity contribution < 1.29 is 14.3 Å². The van der Waals surface area contributed by atoms with Crippen LogP contribution in [0.1, 0.15) is 18.5 Å². The van der Waals surface area contributed by atoms with Gasteiger partial charge in [-0.1, -0.05) is 0 Å². The molecule has 100 valence electrons. The summed E-state index contributed by atoms with van der Waals surface area (Å²) >= 11 is 0. The number of H-pyrrole nitrogens is 1. The molecule has 1 rings (SSSR count). The molecule has 1 aromatic heterocycles. The van der Waals surface area contributed by atoms with Crippen molar-refractivity contribution in [3.05, 3.63) is 18.2 Å². The fraction of sp³-hybridized carbons (Fsp3) is 0.545. The minimum atomic E-state index is -0.708. The Morgan fingerprint density at radius 2 is 2.39 bits per heavy atom. The normalized spacial score (nSPS) is 11.9. The molecule has 0 radical (unpaired) electrons. The van der Waals surface area contributed by atoms with E-state index < -0.39 is 12.0 Å². The minimum Gasteiger partial charge on any atom is -0.467 e. The van der Waals surface area contributed by atoms with Gasteiger partial charge in [0.25, 0.3) is 0 Å². The number of nitrogens with one attached hydrogen (secondary N) is 2. The van der Waals surface area contributed by atoms with Crippen molar-refractivity contribution in [2.75, 3.05) is 13.7 Å². The van der Waals surface area contributed by atoms with Crippen LogP contribution in [0, 0.1) is 0 Å². The van der Waals surface area contributed by atoms with Crippen LogP contribution in [0.15, 0.2) is 12.5 Å². The number of carbonyl (C=O) groups excluding carboxylic acids is 2. The molecule has 7 heteroatoms. The number of rotatable bonds is 7. The van der Waals surface area contributed by atoms with Gasteiger partial charge >= 0.3 is 5.97 Å². The molecule has 0 saturated carbocycles. The Balaban J connectivity index is 2.55. The Labute approximate surface area is 105 Å². The Morgan fingerprint density at radius 1 is 1.61 bits per heavy atom. The van der Waals surface area contributed by atoms with E-state index in [1.165, 1.54) is 13.4 Å². The molecule has 0 fully saturated rings. The summed E-state index contributed by atoms with van der Waals surface area (Å²) in [5.41, 5.74) is 6.07. The predicted molar refractivity (Wildman–Crippen MR) is 64.5 cm³/mol. The van der Waals surface area contributed by atoms with E-state index in [0.29, 0.717) is 25.8 Å². The molecule has 1 aromatic rings. The third-order valence-corrected chi connectivity index (χ3v) is 2.41. The Kier molecular flexibility index (Phi) is 5.86. The number of aromatic amines is 1. The lowest BCUT2D eigenvalue weighted by Gasteiger charge is -2.15. The molecule has 1 heterocycles. The number of methoxy groups -OCH3 is 1. The van der Waals surface area contributed by atoms with Crippen molar-refractivity contribution in [1.29, 1.82) is 0 Å². The summed E-state index contributed by atoms with van der Waals surface area (Å²) in [5, 5.41) is 2.62. The van der Waals surface area contributed by atoms with Gasteiger partial charge in [-0.05, 0) is 13.0 Å². The Bertz CT molecular complexity index is 378. The SMILES string of the molecule is COC(=O)C(Cc1cnc[nH]1)NC(=O)CCCN. The number of aromatic nitrogens is 2. The monoisotopic (exact) mass is 254 g/mol. The second-order valence-electron chi connectivity index (χ2n) is 3.82. The smallest absolute Gasteiger partial charge is 0.328 e. The summed E-state index contributed by atoms with van der Waals surface area (Å²) in [4.78, 5) is 29.8. The number of carbonyl (C=O) groups is 2. The molecule has 1 atom stereocenters. The van der Waals surface area contributed by atoms with E-state index in [4.69, 9.17) is 5.73 Å². The minimum absolute atomic E-state index is 0.213. The summed E-state index contributed by atoms with van der Waals surface area (Å²) in [6.07, 6.45) is 4.32. The maximum atomic E-state index is 11.6. The first-order valence-corrected chi connectivity index (χ1v) is 5.72. The number of hydrogen-bond donors (Lipinski definition) is 3. The zero-order valence-electron chi connectivity index (χ0n) is 10.3. The summed E-state index contributed by atoms with van der Waals surface area (Å²) < 4.78 is 4.65. The molecular weight excluding hydrogens is 236 g/mol. The molecule has 18 heavy (non-hydrogen) atoms. The number of amides is 1. The summed E-state index contributed by atoms with van der Waals surface area (Å²) in [5.74, 6) is -0.693. The lowest BCUT2D eigenvalue weighted by molar-refractivity contribution is -0.145. The van der Waals surface area contributed by atoms with E-state index in [0.717, 1.165) is 5.69 Å². The van der Waals surface area contributed by atoms with E-state index in [-0.39, 0.29) is 5.91 Å². The van der Waals surface area contributed by atoms with Crippen LogP contribution in [0.3, 0.4) is 0 Å². The lowest BCUT2D eigenvalue weighted by atomic mass is 10.1. The highest BCUT2D eigenvalue weighted by Gasteiger charge is 2.22. The summed E-state index contributed by atoms with van der Waals surface area (Å²) in [6.45, 7) is 0.441. The molecule has 0 aromatic carbocycles. The van der Waals surface area contributed by atoms with E-state index >= 15 is 0 Å². The molecule has 1 unspecified atom stereocenters. The largest absolute Gasteiger partial charge is 0.467 e. The first-order valence-electron chi connectivity index (χ1n) is 5.72. The van der Waals surface area contributed by atoms with Gasteiger partial charge in [0.1, 0.15) is 6.04 Å². The van der Waals surface area contributed by atoms with Gasteiger partial charge in [-0.2, -0.15) is 0 Å². The molecule has 7 nitrogen and oxygen atoms in total. The van der Waals surface area contributed by atoms with Crippen LogP contribution in [-0.2, 0) is 20.7 Å². The maximum absolute atomic E-state index is 11.6. The molecule has 0 aliphatic rings. The van der Waals surface area contributed by atoms with Gasteiger partial charge < -0.3 is 20.8 Å². The van der Waals surface area contributed by atoms with Crippen molar-refractivity contribution >= 4 is 11.9 Å². The molecular formula is C11H18N4O3. The van der Waals surface area contributed by atoms with Gasteiger partial charge in [0, 0.05) is 24.7 Å². The third kappa shape index (κ3) is 4.54. The number of imidazole rings is 1. The molecule has 0 aliphatic heterocycles. The first kappa shape index (κ1) is 14.2. The van der Waals surface area contributed by atoms with Gasteiger partial charge in [0.2, 0.25) is 5.91 Å². The van der Waals surface area contributed by atoms with Crippen LogP contribution in [0.5, 0.6) is 0 Å². The molecule has 0 spiro atoms. The summed E-state index contributed by atoms with van der Waals surface area (Å²) in [7, 11) is 1.29. The predicted octanol–water partition coefficient (Wildman–Crippen LogP) is -0.651. The van der Waals surface area contributed by atoms with Crippen molar-refractivity contribution in [3.8, 4) is 0 Å². The van der Waals surface area contributed by atoms with E-state index in [9.17, 15) is 9.59 Å². The highest BCUT2D eigenvalue weighted by Crippen LogP contribution is 2.01. The van der Waals surface area contributed by atoms with Crippen LogP contribution in [0.4, 0.5) is 0 Å². The van der Waals surface area contributed by atoms with Gasteiger partial charge in [0.05, 0.1) is 13.4 Å². The maximum Gasteiger partial charge on any atom is 0.328 e. The molecule has 0 bridgehead atoms. The zero-order valence-corrected chi connectivity index (χ0v) is 10.3. The highest BCUT2D eigenvalue weighted by atomic mass is 16.5. The highest BCUT2D eigenvalue weighted by molar-refractivity contribution is 5.84. The van der Waals surface area contributed by atoms with E-state index in [2.05, 4.69) is 20.0 Å². The van der Waals surface area contributed by atoms with Gasteiger partial charge in [-0.3, -0.25) is 4.79 Å². The lowest BCUT2D eigenvalue weighted by Crippen LogP contribution is -2.43. The average Bonchev–Trinajstić information content (AvgIpc) is 2.87. The third-order valence-electron chi connectivity index (χ3n) is 2.41. The number of ether oxygens (including phenoxy) is 1. The van der Waals surface area contributed by atoms with Crippen molar-refractivity contribution in [1.82, 2.24) is 15.3 Å². The van der Waals surface area contributed by atoms with Crippen molar-refractivity contribution in [2.45, 2.75) is 25.3 Å². The Hall–Kier alpha value is -1.89. The summed E-state index contributed by atoms with van der Waals surface area (Å²) in [6, 6.07) is -0.708. The van der Waals surface area contributed by atoms with E-state index in [1.54, 1.807) is 6.20 Å². The second-order valence-corrected chi connectivity index (χ2v) is 3.82. The number of hydrogen-bond acceptors (Lipinski definition) is 5. The number of esters is 1.